The summed E-state index contributed by atoms with van der Waals surface area (Å²) in [7, 11) is 1.59. The van der Waals surface area contributed by atoms with Crippen molar-refractivity contribution in [3.63, 3.8) is 0 Å². The van der Waals surface area contributed by atoms with Crippen LogP contribution in [0, 0.1) is 37.8 Å². The van der Waals surface area contributed by atoms with Gasteiger partial charge >= 0.3 is 0 Å². The molecule has 0 aliphatic rings. The summed E-state index contributed by atoms with van der Waals surface area (Å²) in [5.41, 5.74) is 1.44. The maximum atomic E-state index is 14.4. The highest BCUT2D eigenvalue weighted by Gasteiger charge is 2.22. The van der Waals surface area contributed by atoms with Crippen molar-refractivity contribution in [3.8, 4) is 17.3 Å². The Morgan fingerprint density at radius 3 is 2.62 bits per heavy atom. The van der Waals surface area contributed by atoms with Crippen LogP contribution in [0.15, 0.2) is 40.9 Å². The highest BCUT2D eigenvalue weighted by molar-refractivity contribution is 6.10. The van der Waals surface area contributed by atoms with E-state index in [0.29, 0.717) is 27.6 Å². The Bertz CT molecular complexity index is 1440. The SMILES string of the molecule is [2H]C([2H])([2H])c1cc(-c2c(C)ccc3c2oc2c(C([2H])([2H])[2H])c(C#N)ccc23)[n+](C)cc1F. The number of benzene rings is 2. The standard InChI is InChI=1S/C22H18FN2O/c1-12-5-7-17-16-8-6-15(10-24)14(3)21(16)26-22(17)20(12)19-9-13(2)18(23)11-25(19)4/h5-9,11H,1-4H3/q+1/i2D3,3D3. The topological polar surface area (TPSA) is 40.8 Å². The van der Waals surface area contributed by atoms with E-state index in [0.717, 1.165) is 11.8 Å². The van der Waals surface area contributed by atoms with Crippen LogP contribution in [-0.2, 0) is 7.05 Å². The van der Waals surface area contributed by atoms with E-state index >= 15 is 0 Å². The first-order valence-electron chi connectivity index (χ1n) is 10.9. The number of hydrogen-bond acceptors (Lipinski definition) is 2. The fraction of sp³-hybridized carbons (Fsp3) is 0.182. The van der Waals surface area contributed by atoms with Crippen molar-refractivity contribution in [1.82, 2.24) is 0 Å². The monoisotopic (exact) mass is 351 g/mol. The fourth-order valence-electron chi connectivity index (χ4n) is 3.28. The van der Waals surface area contributed by atoms with Crippen LogP contribution in [0.5, 0.6) is 0 Å². The number of rotatable bonds is 1. The minimum absolute atomic E-state index is 0.00754. The minimum atomic E-state index is -2.65. The molecule has 0 aliphatic carbocycles. The van der Waals surface area contributed by atoms with Gasteiger partial charge in [0.2, 0.25) is 11.9 Å². The summed E-state index contributed by atoms with van der Waals surface area (Å²) in [5.74, 6) is -0.853. The predicted molar refractivity (Wildman–Crippen MR) is 99.2 cm³/mol. The van der Waals surface area contributed by atoms with Crippen LogP contribution in [-0.4, -0.2) is 0 Å². The molecule has 2 aromatic heterocycles. The zero-order valence-electron chi connectivity index (χ0n) is 20.1. The van der Waals surface area contributed by atoms with Gasteiger partial charge in [-0.15, -0.1) is 0 Å². The lowest BCUT2D eigenvalue weighted by atomic mass is 9.99. The summed E-state index contributed by atoms with van der Waals surface area (Å²) in [6.07, 6.45) is 1.10. The van der Waals surface area contributed by atoms with Gasteiger partial charge in [0.05, 0.1) is 17.2 Å². The molecule has 0 saturated carbocycles. The van der Waals surface area contributed by atoms with E-state index in [4.69, 9.17) is 12.6 Å². The van der Waals surface area contributed by atoms with E-state index in [2.05, 4.69) is 0 Å². The molecule has 0 N–H and O–H groups in total. The van der Waals surface area contributed by atoms with E-state index in [1.165, 1.54) is 16.7 Å². The lowest BCUT2D eigenvalue weighted by molar-refractivity contribution is -0.662. The van der Waals surface area contributed by atoms with Crippen molar-refractivity contribution >= 4 is 21.9 Å². The fourth-order valence-corrected chi connectivity index (χ4v) is 3.28. The number of furan rings is 1. The molecule has 2 aromatic carbocycles. The summed E-state index contributed by atoms with van der Waals surface area (Å²) >= 11 is 0. The molecule has 0 aliphatic heterocycles. The van der Waals surface area contributed by atoms with Gasteiger partial charge in [-0.25, -0.2) is 4.39 Å². The molecule has 4 aromatic rings. The summed E-state index contributed by atoms with van der Waals surface area (Å²) in [6, 6.07) is 9.84. The molecule has 0 unspecified atom stereocenters. The van der Waals surface area contributed by atoms with Crippen molar-refractivity contribution in [2.45, 2.75) is 20.6 Å². The van der Waals surface area contributed by atoms with Crippen molar-refractivity contribution < 1.29 is 21.6 Å². The molecule has 2 heterocycles. The number of hydrogen-bond donors (Lipinski definition) is 0. The first-order chi connectivity index (χ1) is 14.8. The normalized spacial score (nSPS) is 15.6. The molecule has 128 valence electrons. The largest absolute Gasteiger partial charge is 0.455 e. The van der Waals surface area contributed by atoms with E-state index in [9.17, 15) is 9.65 Å². The molecule has 0 bridgehead atoms. The number of halogens is 1. The number of fused-ring (bicyclic) bond motifs is 3. The third-order valence-corrected chi connectivity index (χ3v) is 4.62. The van der Waals surface area contributed by atoms with Crippen LogP contribution < -0.4 is 4.57 Å². The maximum absolute atomic E-state index is 14.4. The third-order valence-electron chi connectivity index (χ3n) is 4.62. The van der Waals surface area contributed by atoms with Crippen molar-refractivity contribution in [3.05, 3.63) is 64.6 Å². The third kappa shape index (κ3) is 2.21. The molecule has 26 heavy (non-hydrogen) atoms. The highest BCUT2D eigenvalue weighted by Crippen LogP contribution is 2.38. The van der Waals surface area contributed by atoms with E-state index in [-0.39, 0.29) is 16.7 Å². The van der Waals surface area contributed by atoms with Gasteiger partial charge in [0, 0.05) is 30.6 Å². The van der Waals surface area contributed by atoms with Crippen LogP contribution in [0.4, 0.5) is 4.39 Å². The number of pyridine rings is 1. The average molecular weight is 351 g/mol. The number of nitriles is 1. The van der Waals surface area contributed by atoms with Gasteiger partial charge in [-0.1, -0.05) is 12.1 Å². The van der Waals surface area contributed by atoms with Crippen molar-refractivity contribution in [1.29, 1.82) is 5.26 Å². The van der Waals surface area contributed by atoms with E-state index in [1.54, 1.807) is 32.2 Å². The smallest absolute Gasteiger partial charge is 0.216 e. The highest BCUT2D eigenvalue weighted by atomic mass is 19.1. The van der Waals surface area contributed by atoms with Crippen LogP contribution in [0.25, 0.3) is 33.2 Å². The quantitative estimate of drug-likeness (QED) is 0.452. The van der Waals surface area contributed by atoms with E-state index < -0.39 is 25.1 Å². The van der Waals surface area contributed by atoms with Crippen LogP contribution in [0.3, 0.4) is 0 Å². The number of aromatic nitrogens is 1. The lowest BCUT2D eigenvalue weighted by Gasteiger charge is -2.06. The van der Waals surface area contributed by atoms with Crippen LogP contribution in [0.1, 0.15) is 30.5 Å². The Morgan fingerprint density at radius 1 is 1.12 bits per heavy atom. The van der Waals surface area contributed by atoms with Crippen LogP contribution >= 0.6 is 0 Å². The average Bonchev–Trinajstić information content (AvgIpc) is 3.04. The zero-order chi connectivity index (χ0) is 23.6. The van der Waals surface area contributed by atoms with Gasteiger partial charge in [-0.2, -0.15) is 9.83 Å². The Balaban J connectivity index is 2.16. The summed E-state index contributed by atoms with van der Waals surface area (Å²) < 4.78 is 68.6. The molecule has 4 heteroatoms. The molecule has 3 nitrogen and oxygen atoms in total. The van der Waals surface area contributed by atoms with Gasteiger partial charge in [-0.3, -0.25) is 0 Å². The Hall–Kier alpha value is -3.19. The first-order valence-corrected chi connectivity index (χ1v) is 7.94. The lowest BCUT2D eigenvalue weighted by Crippen LogP contribution is -2.31. The summed E-state index contributed by atoms with van der Waals surface area (Å²) in [4.78, 5) is 0. The maximum Gasteiger partial charge on any atom is 0.216 e. The number of aryl methyl sites for hydroxylation is 4. The minimum Gasteiger partial charge on any atom is -0.455 e. The molecular formula is C22H18FN2O+. The van der Waals surface area contributed by atoms with Gasteiger partial charge < -0.3 is 4.42 Å². The molecule has 0 saturated heterocycles. The summed E-state index contributed by atoms with van der Waals surface area (Å²) in [5, 5.41) is 10.6. The molecule has 0 atom stereocenters. The Labute approximate surface area is 159 Å². The molecule has 0 amide bonds. The second kappa shape index (κ2) is 5.67. The number of nitrogens with zero attached hydrogens (tertiary/aromatic N) is 2. The van der Waals surface area contributed by atoms with Crippen LogP contribution in [0.2, 0.25) is 0 Å². The van der Waals surface area contributed by atoms with E-state index in [1.807, 2.05) is 6.07 Å². The Morgan fingerprint density at radius 2 is 1.88 bits per heavy atom. The van der Waals surface area contributed by atoms with Gasteiger partial charge in [0.25, 0.3) is 0 Å². The second-order valence-corrected chi connectivity index (χ2v) is 6.24. The molecule has 4 rings (SSSR count). The van der Waals surface area contributed by atoms with Gasteiger partial charge in [0.1, 0.15) is 18.2 Å². The Kier molecular flexibility index (Phi) is 2.34. The van der Waals surface area contributed by atoms with Crippen molar-refractivity contribution in [2.24, 2.45) is 7.05 Å². The van der Waals surface area contributed by atoms with Gasteiger partial charge in [0.15, 0.2) is 5.82 Å². The molecule has 0 radical (unpaired) electrons. The predicted octanol–water partition coefficient (Wildman–Crippen LogP) is 5.01. The first kappa shape index (κ1) is 10.7. The molecule has 0 spiro atoms. The molecular weight excluding hydrogens is 327 g/mol. The zero-order valence-corrected chi connectivity index (χ0v) is 14.1. The molecule has 0 fully saturated rings. The van der Waals surface area contributed by atoms with Crippen molar-refractivity contribution in [2.75, 3.05) is 0 Å². The summed E-state index contributed by atoms with van der Waals surface area (Å²) in [6.45, 7) is -3.44. The second-order valence-electron chi connectivity index (χ2n) is 6.24. The van der Waals surface area contributed by atoms with Gasteiger partial charge in [-0.05, 0) is 43.9 Å².